The summed E-state index contributed by atoms with van der Waals surface area (Å²) in [6.45, 7) is 21.2. The van der Waals surface area contributed by atoms with Gasteiger partial charge in [0.25, 0.3) is 0 Å². The lowest BCUT2D eigenvalue weighted by molar-refractivity contribution is -0.134. The fourth-order valence-corrected chi connectivity index (χ4v) is 8.31. The minimum absolute atomic E-state index is 0.120. The van der Waals surface area contributed by atoms with Crippen LogP contribution in [0.1, 0.15) is 80.6 Å². The zero-order valence-electron chi connectivity index (χ0n) is 18.1. The minimum Gasteiger partial charge on any atom is -0.413 e. The van der Waals surface area contributed by atoms with Gasteiger partial charge in [-0.2, -0.15) is 0 Å². The van der Waals surface area contributed by atoms with Crippen molar-refractivity contribution < 1.29 is 9.22 Å². The van der Waals surface area contributed by atoms with Gasteiger partial charge in [0.15, 0.2) is 8.32 Å². The maximum Gasteiger partial charge on any atom is 0.192 e. The third-order valence-corrected chi connectivity index (χ3v) is 13.9. The molecule has 0 unspecified atom stereocenters. The fraction of sp³-hybridized carbons (Fsp3) is 0.955. The second-order valence-corrected chi connectivity index (χ2v) is 16.3. The molecule has 0 heterocycles. The average Bonchev–Trinajstić information content (AvgIpc) is 2.94. The van der Waals surface area contributed by atoms with Crippen LogP contribution in [0.15, 0.2) is 0 Å². The Morgan fingerprint density at radius 3 is 2.28 bits per heavy atom. The van der Waals surface area contributed by atoms with Gasteiger partial charge in [0.05, 0.1) is 11.5 Å². The van der Waals surface area contributed by atoms with Gasteiger partial charge in [0.1, 0.15) is 5.78 Å². The molecule has 3 rings (SSSR count). The summed E-state index contributed by atoms with van der Waals surface area (Å²) in [5.74, 6) is 1.91. The molecule has 0 N–H and O–H groups in total. The van der Waals surface area contributed by atoms with Gasteiger partial charge in [-0.25, -0.2) is 0 Å². The van der Waals surface area contributed by atoms with Crippen LogP contribution < -0.4 is 0 Å². The van der Waals surface area contributed by atoms with Crippen molar-refractivity contribution in [2.75, 3.05) is 0 Å². The first kappa shape index (κ1) is 19.6. The Morgan fingerprint density at radius 1 is 1.16 bits per heavy atom. The highest BCUT2D eigenvalue weighted by molar-refractivity contribution is 6.74. The smallest absolute Gasteiger partial charge is 0.192 e. The molecule has 3 aliphatic rings. The zero-order chi connectivity index (χ0) is 19.1. The molecule has 3 heteroatoms. The van der Waals surface area contributed by atoms with Crippen molar-refractivity contribution in [1.82, 2.24) is 0 Å². The van der Waals surface area contributed by atoms with E-state index in [9.17, 15) is 4.79 Å². The van der Waals surface area contributed by atoms with Gasteiger partial charge in [0, 0.05) is 6.42 Å². The normalized spacial score (nSPS) is 44.5. The average molecular weight is 365 g/mol. The Balaban J connectivity index is 2.05. The quantitative estimate of drug-likeness (QED) is 0.557. The number of ketones is 1. The molecule has 0 aliphatic heterocycles. The van der Waals surface area contributed by atoms with Gasteiger partial charge in [-0.3, -0.25) is 4.79 Å². The highest BCUT2D eigenvalue weighted by atomic mass is 28.4. The van der Waals surface area contributed by atoms with E-state index in [2.05, 4.69) is 61.6 Å². The molecule has 0 radical (unpaired) electrons. The van der Waals surface area contributed by atoms with Crippen molar-refractivity contribution in [2.24, 2.45) is 28.1 Å². The zero-order valence-corrected chi connectivity index (χ0v) is 19.1. The van der Waals surface area contributed by atoms with E-state index in [1.807, 2.05) is 0 Å². The highest BCUT2D eigenvalue weighted by Gasteiger charge is 2.77. The summed E-state index contributed by atoms with van der Waals surface area (Å²) in [7, 11) is -1.89. The second kappa shape index (κ2) is 5.44. The third kappa shape index (κ3) is 2.27. The van der Waals surface area contributed by atoms with E-state index in [-0.39, 0.29) is 27.4 Å². The number of Topliss-reactive ketones (excluding diaryl/α,β-unsaturated/α-hetero) is 1. The number of carbonyl (C=O) groups excluding carboxylic acids is 1. The van der Waals surface area contributed by atoms with Crippen molar-refractivity contribution in [2.45, 2.75) is 105 Å². The Kier molecular flexibility index (Phi) is 4.26. The predicted octanol–water partition coefficient (Wildman–Crippen LogP) is 6.21. The van der Waals surface area contributed by atoms with Gasteiger partial charge in [-0.05, 0) is 73.4 Å². The van der Waals surface area contributed by atoms with Gasteiger partial charge >= 0.3 is 0 Å². The van der Waals surface area contributed by atoms with E-state index < -0.39 is 8.32 Å². The summed E-state index contributed by atoms with van der Waals surface area (Å²) in [6.07, 6.45) is 5.60. The lowest BCUT2D eigenvalue weighted by Gasteiger charge is -2.47. The number of hydrogen-bond acceptors (Lipinski definition) is 2. The highest BCUT2D eigenvalue weighted by Crippen LogP contribution is 2.78. The van der Waals surface area contributed by atoms with Crippen LogP contribution in [0.4, 0.5) is 0 Å². The topological polar surface area (TPSA) is 26.3 Å². The molecule has 3 saturated carbocycles. The number of hydrogen-bond donors (Lipinski definition) is 0. The monoisotopic (exact) mass is 364 g/mol. The molecule has 0 aromatic heterocycles. The van der Waals surface area contributed by atoms with Gasteiger partial charge in [-0.15, -0.1) is 0 Å². The van der Waals surface area contributed by atoms with Gasteiger partial charge in [-0.1, -0.05) is 41.5 Å². The van der Waals surface area contributed by atoms with E-state index in [0.29, 0.717) is 11.7 Å². The number of carbonyl (C=O) groups is 1. The van der Waals surface area contributed by atoms with Gasteiger partial charge in [0.2, 0.25) is 0 Å². The molecule has 2 nitrogen and oxygen atoms in total. The third-order valence-electron chi connectivity index (χ3n) is 9.45. The standard InChI is InChI=1S/C22H40O2Si/c1-15(2)16-10-12-22-13-11-17(23)21(22,7)18(14-20(16,22)6)24-25(8,9)19(3,4)5/h15-16,18H,10-14H2,1-9H3/t16-,18+,20-,21+,22-/m0/s1. The molecular weight excluding hydrogens is 324 g/mol. The van der Waals surface area contributed by atoms with Crippen LogP contribution in [0.5, 0.6) is 0 Å². The molecular formula is C22H40O2Si. The first-order chi connectivity index (χ1) is 11.2. The van der Waals surface area contributed by atoms with E-state index >= 15 is 0 Å². The molecule has 3 fully saturated rings. The van der Waals surface area contributed by atoms with Crippen LogP contribution in [-0.4, -0.2) is 20.2 Å². The molecule has 0 bridgehead atoms. The van der Waals surface area contributed by atoms with Crippen molar-refractivity contribution in [1.29, 1.82) is 0 Å². The molecule has 0 aromatic rings. The lowest BCUT2D eigenvalue weighted by Crippen LogP contribution is -2.51. The summed E-state index contributed by atoms with van der Waals surface area (Å²) in [5, 5.41) is 0.189. The molecule has 0 amide bonds. The maximum atomic E-state index is 13.2. The summed E-state index contributed by atoms with van der Waals surface area (Å²) in [6, 6.07) is 0. The van der Waals surface area contributed by atoms with Crippen LogP contribution in [0.25, 0.3) is 0 Å². The van der Waals surface area contributed by atoms with Crippen LogP contribution in [0.3, 0.4) is 0 Å². The largest absolute Gasteiger partial charge is 0.413 e. The molecule has 0 saturated heterocycles. The Labute approximate surface area is 156 Å². The predicted molar refractivity (Wildman–Crippen MR) is 107 cm³/mol. The Hall–Kier alpha value is -0.153. The molecule has 1 spiro atoms. The molecule has 5 atom stereocenters. The Bertz CT molecular complexity index is 575. The molecule has 0 aromatic carbocycles. The SMILES string of the molecule is CC(C)[C@@H]1CC[C@@]23CCC(=O)[C@]2(C)[C@H](O[Si](C)(C)C(C)(C)C)C[C@@]13C. The summed E-state index contributed by atoms with van der Waals surface area (Å²) in [5.41, 5.74) is 0.176. The molecule has 3 aliphatic carbocycles. The second-order valence-electron chi connectivity index (χ2n) is 11.6. The first-order valence-electron chi connectivity index (χ1n) is 10.4. The van der Waals surface area contributed by atoms with E-state index in [4.69, 9.17) is 4.43 Å². The summed E-state index contributed by atoms with van der Waals surface area (Å²) < 4.78 is 6.99. The van der Waals surface area contributed by atoms with Crippen LogP contribution in [-0.2, 0) is 9.22 Å². The summed E-state index contributed by atoms with van der Waals surface area (Å²) >= 11 is 0. The lowest BCUT2D eigenvalue weighted by atomic mass is 9.57. The van der Waals surface area contributed by atoms with Crippen LogP contribution in [0, 0.1) is 28.1 Å². The summed E-state index contributed by atoms with van der Waals surface area (Å²) in [4.78, 5) is 13.2. The van der Waals surface area contributed by atoms with Crippen molar-refractivity contribution >= 4 is 14.1 Å². The van der Waals surface area contributed by atoms with Crippen molar-refractivity contribution in [3.8, 4) is 0 Å². The van der Waals surface area contributed by atoms with Crippen LogP contribution in [0.2, 0.25) is 18.1 Å². The fourth-order valence-electron chi connectivity index (χ4n) is 6.92. The van der Waals surface area contributed by atoms with Crippen molar-refractivity contribution in [3.63, 3.8) is 0 Å². The minimum atomic E-state index is -1.89. The first-order valence-corrected chi connectivity index (χ1v) is 13.3. The van der Waals surface area contributed by atoms with E-state index in [1.54, 1.807) is 0 Å². The molecule has 144 valence electrons. The molecule has 25 heavy (non-hydrogen) atoms. The number of rotatable bonds is 3. The Morgan fingerprint density at radius 2 is 1.76 bits per heavy atom. The van der Waals surface area contributed by atoms with Crippen LogP contribution >= 0.6 is 0 Å². The maximum absolute atomic E-state index is 13.2. The van der Waals surface area contributed by atoms with E-state index in [1.165, 1.54) is 12.8 Å². The van der Waals surface area contributed by atoms with Crippen molar-refractivity contribution in [3.05, 3.63) is 0 Å². The van der Waals surface area contributed by atoms with E-state index in [0.717, 1.165) is 25.2 Å². The van der Waals surface area contributed by atoms with Gasteiger partial charge < -0.3 is 4.43 Å².